The molecule has 3 unspecified atom stereocenters. The van der Waals surface area contributed by atoms with Crippen molar-refractivity contribution in [3.05, 3.63) is 47.5 Å². The number of alkyl carbamates (subject to hydrolysis) is 1. The number of carbonyl (C=O) groups is 2. The van der Waals surface area contributed by atoms with Gasteiger partial charge in [-0.3, -0.25) is 4.79 Å². The lowest BCUT2D eigenvalue weighted by Crippen LogP contribution is -2.47. The molecule has 2 amide bonds. The molecule has 0 saturated carbocycles. The predicted molar refractivity (Wildman–Crippen MR) is 153 cm³/mol. The van der Waals surface area contributed by atoms with Crippen LogP contribution in [-0.4, -0.2) is 41.4 Å². The van der Waals surface area contributed by atoms with Gasteiger partial charge in [-0.15, -0.1) is 0 Å². The number of carbonyl (C=O) groups excluding carboxylic acids is 2. The number of aliphatic hydroxyl groups is 1. The van der Waals surface area contributed by atoms with E-state index in [1.807, 2.05) is 0 Å². The summed E-state index contributed by atoms with van der Waals surface area (Å²) in [6.07, 6.45) is 1.75. The average Bonchev–Trinajstić information content (AvgIpc) is 2.76. The van der Waals surface area contributed by atoms with E-state index in [0.29, 0.717) is 24.5 Å². The molecular weight excluding hydrogens is 464 g/mol. The molecule has 0 spiro atoms. The average molecular weight is 517 g/mol. The molecule has 1 aromatic carbocycles. The highest BCUT2D eigenvalue weighted by Crippen LogP contribution is 2.27. The molecule has 0 bridgehead atoms. The third kappa shape index (κ3) is 12.6. The quantitative estimate of drug-likeness (QED) is 0.212. The molecule has 210 valence electrons. The van der Waals surface area contributed by atoms with Crippen molar-refractivity contribution in [1.82, 2.24) is 10.6 Å². The standard InChI is InChI=1S/C31H52N2O4/c1-11-12-17-32-28(35)22(4)18-27(34)26(33-29(36)37-31(8,9)10)20-24(21(2)3)19-23-13-15-25(16-14-23)30(5,6)7/h13-16,21,24,26-27,34H,4,11-12,17-20H2,1-3,5-10H3,(H,32,35)(H,33,36). The van der Waals surface area contributed by atoms with Gasteiger partial charge in [0.15, 0.2) is 0 Å². The molecule has 0 aromatic heterocycles. The second kappa shape index (κ2) is 14.6. The van der Waals surface area contributed by atoms with Crippen LogP contribution in [-0.2, 0) is 21.4 Å². The number of hydrogen-bond donors (Lipinski definition) is 3. The van der Waals surface area contributed by atoms with Crippen molar-refractivity contribution in [3.8, 4) is 0 Å². The lowest BCUT2D eigenvalue weighted by molar-refractivity contribution is -0.117. The highest BCUT2D eigenvalue weighted by Gasteiger charge is 2.30. The monoisotopic (exact) mass is 516 g/mol. The second-order valence-electron chi connectivity index (χ2n) is 12.6. The van der Waals surface area contributed by atoms with Crippen LogP contribution in [0, 0.1) is 11.8 Å². The van der Waals surface area contributed by atoms with E-state index in [2.05, 4.69) is 83.0 Å². The van der Waals surface area contributed by atoms with Crippen LogP contribution in [0.15, 0.2) is 36.4 Å². The third-order valence-corrected chi connectivity index (χ3v) is 6.58. The van der Waals surface area contributed by atoms with Gasteiger partial charge < -0.3 is 20.5 Å². The number of hydrogen-bond acceptors (Lipinski definition) is 4. The number of rotatable bonds is 13. The fraction of sp³-hybridized carbons (Fsp3) is 0.677. The van der Waals surface area contributed by atoms with Gasteiger partial charge in [0.05, 0.1) is 12.1 Å². The van der Waals surface area contributed by atoms with Crippen molar-refractivity contribution in [2.75, 3.05) is 6.54 Å². The van der Waals surface area contributed by atoms with E-state index < -0.39 is 23.8 Å². The van der Waals surface area contributed by atoms with E-state index in [1.165, 1.54) is 11.1 Å². The summed E-state index contributed by atoms with van der Waals surface area (Å²) in [5, 5.41) is 16.9. The Balaban J connectivity index is 3.04. The minimum absolute atomic E-state index is 0.0729. The molecule has 0 fully saturated rings. The highest BCUT2D eigenvalue weighted by atomic mass is 16.6. The maximum atomic E-state index is 12.7. The Kier molecular flexibility index (Phi) is 12.9. The number of ether oxygens (including phenoxy) is 1. The molecular formula is C31H52N2O4. The zero-order valence-corrected chi connectivity index (χ0v) is 24.7. The molecule has 0 saturated heterocycles. The lowest BCUT2D eigenvalue weighted by atomic mass is 9.81. The van der Waals surface area contributed by atoms with E-state index in [-0.39, 0.29) is 23.7 Å². The molecule has 1 aromatic rings. The number of nitrogens with one attached hydrogen (secondary N) is 2. The first-order valence-corrected chi connectivity index (χ1v) is 13.8. The Labute approximate surface area is 225 Å². The molecule has 3 N–H and O–H groups in total. The van der Waals surface area contributed by atoms with Gasteiger partial charge >= 0.3 is 6.09 Å². The van der Waals surface area contributed by atoms with Crippen LogP contribution >= 0.6 is 0 Å². The highest BCUT2D eigenvalue weighted by molar-refractivity contribution is 5.92. The van der Waals surface area contributed by atoms with Gasteiger partial charge in [-0.2, -0.15) is 0 Å². The van der Waals surface area contributed by atoms with Crippen LogP contribution in [0.1, 0.15) is 99.1 Å². The molecule has 0 aliphatic rings. The normalized spacial score (nSPS) is 14.6. The van der Waals surface area contributed by atoms with Gasteiger partial charge in [0.25, 0.3) is 0 Å². The minimum Gasteiger partial charge on any atom is -0.444 e. The van der Waals surface area contributed by atoms with Crippen molar-refractivity contribution in [1.29, 1.82) is 0 Å². The summed E-state index contributed by atoms with van der Waals surface area (Å²) < 4.78 is 5.48. The smallest absolute Gasteiger partial charge is 0.407 e. The summed E-state index contributed by atoms with van der Waals surface area (Å²) in [6.45, 7) is 22.8. The Morgan fingerprint density at radius 1 is 1.05 bits per heavy atom. The van der Waals surface area contributed by atoms with Crippen molar-refractivity contribution >= 4 is 12.0 Å². The minimum atomic E-state index is -0.971. The third-order valence-electron chi connectivity index (χ3n) is 6.58. The van der Waals surface area contributed by atoms with Crippen molar-refractivity contribution < 1.29 is 19.4 Å². The lowest BCUT2D eigenvalue weighted by Gasteiger charge is -2.31. The molecule has 6 nitrogen and oxygen atoms in total. The van der Waals surface area contributed by atoms with Gasteiger partial charge in [0.2, 0.25) is 5.91 Å². The first-order chi connectivity index (χ1) is 17.0. The number of benzene rings is 1. The van der Waals surface area contributed by atoms with Gasteiger partial charge in [0, 0.05) is 18.5 Å². The van der Waals surface area contributed by atoms with Crippen LogP contribution in [0.2, 0.25) is 0 Å². The van der Waals surface area contributed by atoms with E-state index in [4.69, 9.17) is 4.74 Å². The van der Waals surface area contributed by atoms with Crippen molar-refractivity contribution in [2.24, 2.45) is 11.8 Å². The summed E-state index contributed by atoms with van der Waals surface area (Å²) in [5.74, 6) is 0.252. The number of aliphatic hydroxyl groups excluding tert-OH is 1. The Bertz CT molecular complexity index is 863. The fourth-order valence-electron chi connectivity index (χ4n) is 4.12. The van der Waals surface area contributed by atoms with E-state index in [0.717, 1.165) is 19.3 Å². The topological polar surface area (TPSA) is 87.7 Å². The van der Waals surface area contributed by atoms with Crippen LogP contribution < -0.4 is 10.6 Å². The molecule has 0 aliphatic heterocycles. The molecule has 6 heteroatoms. The van der Waals surface area contributed by atoms with Gasteiger partial charge in [0.1, 0.15) is 5.60 Å². The van der Waals surface area contributed by atoms with E-state index in [9.17, 15) is 14.7 Å². The summed E-state index contributed by atoms with van der Waals surface area (Å²) in [4.78, 5) is 25.1. The van der Waals surface area contributed by atoms with Gasteiger partial charge in [-0.25, -0.2) is 4.79 Å². The maximum Gasteiger partial charge on any atom is 0.407 e. The first-order valence-electron chi connectivity index (χ1n) is 13.8. The van der Waals surface area contributed by atoms with Gasteiger partial charge in [-0.1, -0.05) is 78.8 Å². The SMILES string of the molecule is C=C(CC(O)C(CC(Cc1ccc(C(C)(C)C)cc1)C(C)C)NC(=O)OC(C)(C)C)C(=O)NCCCC. The van der Waals surface area contributed by atoms with Crippen LogP contribution in [0.4, 0.5) is 4.79 Å². The van der Waals surface area contributed by atoms with Crippen molar-refractivity contribution in [2.45, 2.75) is 118 Å². The van der Waals surface area contributed by atoms with Crippen LogP contribution in [0.3, 0.4) is 0 Å². The fourth-order valence-corrected chi connectivity index (χ4v) is 4.12. The van der Waals surface area contributed by atoms with Crippen LogP contribution in [0.25, 0.3) is 0 Å². The summed E-state index contributed by atoms with van der Waals surface area (Å²) in [5.41, 5.74) is 2.24. The molecule has 1 rings (SSSR count). The first kappa shape index (κ1) is 32.7. The second-order valence-corrected chi connectivity index (χ2v) is 12.6. The van der Waals surface area contributed by atoms with E-state index in [1.54, 1.807) is 20.8 Å². The largest absolute Gasteiger partial charge is 0.444 e. The maximum absolute atomic E-state index is 12.7. The Morgan fingerprint density at radius 2 is 1.65 bits per heavy atom. The van der Waals surface area contributed by atoms with E-state index >= 15 is 0 Å². The molecule has 0 heterocycles. The molecule has 0 aliphatic carbocycles. The summed E-state index contributed by atoms with van der Waals surface area (Å²) >= 11 is 0. The number of amides is 2. The zero-order valence-electron chi connectivity index (χ0n) is 24.7. The Morgan fingerprint density at radius 3 is 2.14 bits per heavy atom. The van der Waals surface area contributed by atoms with Crippen LogP contribution in [0.5, 0.6) is 0 Å². The number of unbranched alkanes of at least 4 members (excludes halogenated alkanes) is 1. The molecule has 37 heavy (non-hydrogen) atoms. The Hall–Kier alpha value is -2.34. The van der Waals surface area contributed by atoms with Gasteiger partial charge in [-0.05, 0) is 68.4 Å². The summed E-state index contributed by atoms with van der Waals surface area (Å²) in [7, 11) is 0. The predicted octanol–water partition coefficient (Wildman–Crippen LogP) is 6.31. The molecule has 3 atom stereocenters. The van der Waals surface area contributed by atoms with Crippen molar-refractivity contribution in [3.63, 3.8) is 0 Å². The summed E-state index contributed by atoms with van der Waals surface area (Å²) in [6, 6.07) is 8.12. The zero-order chi connectivity index (χ0) is 28.4. The molecule has 0 radical (unpaired) electrons.